The largest absolute Gasteiger partial charge is 0.323 e. The maximum atomic E-state index is 4.74. The molecule has 0 aromatic heterocycles. The Labute approximate surface area is 218 Å². The van der Waals surface area contributed by atoms with Crippen LogP contribution >= 0.6 is 0 Å². The van der Waals surface area contributed by atoms with Gasteiger partial charge in [-0.05, 0) is 96.7 Å². The van der Waals surface area contributed by atoms with Crippen LogP contribution in [-0.4, -0.2) is 0 Å². The second-order valence-corrected chi connectivity index (χ2v) is 14.1. The third-order valence-corrected chi connectivity index (χ3v) is 13.4. The van der Waals surface area contributed by atoms with E-state index in [9.17, 15) is 0 Å². The van der Waals surface area contributed by atoms with Gasteiger partial charge in [0.15, 0.2) is 0 Å². The molecule has 10 atom stereocenters. The molecular formula is C30H47Y-. The second-order valence-electron chi connectivity index (χ2n) is 14.1. The first kappa shape index (κ1) is 23.6. The standard InChI is InChI=1S/C30H47.Y/c1-7-30-14-10-21-19(2)17-20-18-24-22-9-8-12-27(3,4)23(22)11-13-28(24,5)29(6,15-16-30)25(20)26(21)30;/h12,20-26H,2,7-11,13-18H2,1,3-6H3;/q-1;. The molecule has 0 bridgehead atoms. The van der Waals surface area contributed by atoms with Crippen molar-refractivity contribution in [3.05, 3.63) is 18.6 Å². The van der Waals surface area contributed by atoms with E-state index in [1.165, 1.54) is 70.6 Å². The summed E-state index contributed by atoms with van der Waals surface area (Å²) < 4.78 is 0. The molecule has 6 aliphatic rings. The first-order valence-corrected chi connectivity index (χ1v) is 13.7. The van der Waals surface area contributed by atoms with Crippen LogP contribution in [0.1, 0.15) is 105 Å². The molecule has 0 heterocycles. The molecule has 1 radical (unpaired) electrons. The zero-order valence-corrected chi connectivity index (χ0v) is 24.0. The molecule has 0 saturated heterocycles. The van der Waals surface area contributed by atoms with E-state index in [1.807, 2.05) is 0 Å². The van der Waals surface area contributed by atoms with Gasteiger partial charge in [-0.25, -0.2) is 0 Å². The van der Waals surface area contributed by atoms with Crippen LogP contribution in [0.5, 0.6) is 0 Å². The third kappa shape index (κ3) is 2.85. The zero-order valence-electron chi connectivity index (χ0n) is 21.2. The van der Waals surface area contributed by atoms with Crippen LogP contribution in [-0.2, 0) is 32.7 Å². The number of rotatable bonds is 1. The first-order chi connectivity index (χ1) is 14.2. The molecular weight excluding hydrogens is 449 g/mol. The molecule has 31 heavy (non-hydrogen) atoms. The average molecular weight is 497 g/mol. The molecule has 0 aromatic rings. The SMILES string of the molecule is C=C1CC2CC3C4CC[CH-]C(C)(C)C4CCC3(C)C3(C)CCC4(CC)CCC1C4C23.[Y]. The Morgan fingerprint density at radius 3 is 2.42 bits per heavy atom. The van der Waals surface area contributed by atoms with Crippen molar-refractivity contribution < 1.29 is 32.7 Å². The van der Waals surface area contributed by atoms with E-state index in [2.05, 4.69) is 41.0 Å². The van der Waals surface area contributed by atoms with E-state index < -0.39 is 0 Å². The van der Waals surface area contributed by atoms with Gasteiger partial charge in [0.05, 0.1) is 0 Å². The number of hydrogen-bond acceptors (Lipinski definition) is 0. The van der Waals surface area contributed by atoms with Gasteiger partial charge in [-0.15, -0.1) is 0 Å². The van der Waals surface area contributed by atoms with Crippen LogP contribution in [0.3, 0.4) is 0 Å². The van der Waals surface area contributed by atoms with Gasteiger partial charge in [-0.2, -0.15) is 11.8 Å². The van der Waals surface area contributed by atoms with Gasteiger partial charge in [0, 0.05) is 32.7 Å². The normalized spacial score (nSPS) is 56.7. The summed E-state index contributed by atoms with van der Waals surface area (Å²) in [5, 5.41) is 0. The summed E-state index contributed by atoms with van der Waals surface area (Å²) in [6.07, 6.45) is 18.9. The quantitative estimate of drug-likeness (QED) is 0.252. The molecule has 0 aromatic carbocycles. The minimum atomic E-state index is 0. The van der Waals surface area contributed by atoms with Crippen molar-refractivity contribution in [2.24, 2.45) is 63.1 Å². The van der Waals surface area contributed by atoms with Crippen molar-refractivity contribution in [1.29, 1.82) is 0 Å². The summed E-state index contributed by atoms with van der Waals surface area (Å²) in [6, 6.07) is 0. The predicted octanol–water partition coefficient (Wildman–Crippen LogP) is 8.48. The van der Waals surface area contributed by atoms with Gasteiger partial charge in [0.25, 0.3) is 0 Å². The molecule has 0 spiro atoms. The van der Waals surface area contributed by atoms with E-state index >= 15 is 0 Å². The van der Waals surface area contributed by atoms with Crippen molar-refractivity contribution in [3.63, 3.8) is 0 Å². The van der Waals surface area contributed by atoms with Crippen LogP contribution in [0.4, 0.5) is 0 Å². The monoisotopic (exact) mass is 496 g/mol. The predicted molar refractivity (Wildman–Crippen MR) is 127 cm³/mol. The van der Waals surface area contributed by atoms with E-state index in [4.69, 9.17) is 6.58 Å². The summed E-state index contributed by atoms with van der Waals surface area (Å²) >= 11 is 0. The molecule has 6 saturated carbocycles. The van der Waals surface area contributed by atoms with E-state index in [0.29, 0.717) is 21.7 Å². The minimum Gasteiger partial charge on any atom is -0.323 e. The molecule has 10 unspecified atom stereocenters. The Kier molecular flexibility index (Phi) is 5.64. The van der Waals surface area contributed by atoms with Crippen molar-refractivity contribution >= 4 is 0 Å². The topological polar surface area (TPSA) is 0 Å². The Morgan fingerprint density at radius 2 is 1.68 bits per heavy atom. The van der Waals surface area contributed by atoms with E-state index in [-0.39, 0.29) is 32.7 Å². The van der Waals surface area contributed by atoms with Crippen LogP contribution in [0.25, 0.3) is 0 Å². The summed E-state index contributed by atoms with van der Waals surface area (Å²) in [5.41, 5.74) is 3.95. The van der Waals surface area contributed by atoms with Crippen LogP contribution < -0.4 is 0 Å². The van der Waals surface area contributed by atoms with Gasteiger partial charge in [0.1, 0.15) is 0 Å². The van der Waals surface area contributed by atoms with Crippen molar-refractivity contribution in [3.8, 4) is 0 Å². The van der Waals surface area contributed by atoms with Gasteiger partial charge in [0.2, 0.25) is 0 Å². The molecule has 6 aliphatic carbocycles. The summed E-state index contributed by atoms with van der Waals surface area (Å²) in [5.74, 6) is 6.66. The van der Waals surface area contributed by atoms with Gasteiger partial charge in [-0.3, -0.25) is 0 Å². The second kappa shape index (κ2) is 7.42. The fourth-order valence-corrected chi connectivity index (χ4v) is 11.8. The molecule has 0 amide bonds. The summed E-state index contributed by atoms with van der Waals surface area (Å²) in [4.78, 5) is 0. The molecule has 0 aliphatic heterocycles. The fourth-order valence-electron chi connectivity index (χ4n) is 11.8. The maximum absolute atomic E-state index is 4.74. The molecule has 171 valence electrons. The Hall–Kier alpha value is 0.844. The molecule has 0 nitrogen and oxygen atoms in total. The maximum Gasteiger partial charge on any atom is 0 e. The van der Waals surface area contributed by atoms with Crippen LogP contribution in [0, 0.1) is 69.5 Å². The number of fused-ring (bicyclic) bond motifs is 4. The fraction of sp³-hybridized carbons (Fsp3) is 0.900. The van der Waals surface area contributed by atoms with Crippen molar-refractivity contribution in [2.75, 3.05) is 0 Å². The third-order valence-electron chi connectivity index (χ3n) is 13.4. The van der Waals surface area contributed by atoms with Crippen LogP contribution in [0.2, 0.25) is 0 Å². The number of hydrogen-bond donors (Lipinski definition) is 0. The van der Waals surface area contributed by atoms with Gasteiger partial charge >= 0.3 is 0 Å². The zero-order chi connectivity index (χ0) is 21.1. The van der Waals surface area contributed by atoms with Gasteiger partial charge in [-0.1, -0.05) is 72.0 Å². The smallest absolute Gasteiger partial charge is 0 e. The Balaban J connectivity index is 0.00000204. The Morgan fingerprint density at radius 1 is 0.903 bits per heavy atom. The first-order valence-electron chi connectivity index (χ1n) is 13.7. The molecule has 1 heteroatoms. The average Bonchev–Trinajstić information content (AvgIpc) is 3.09. The van der Waals surface area contributed by atoms with Crippen LogP contribution in [0.15, 0.2) is 12.2 Å². The summed E-state index contributed by atoms with van der Waals surface area (Å²) in [7, 11) is 0. The molecule has 6 fully saturated rings. The minimum absolute atomic E-state index is 0. The Bertz CT molecular complexity index is 752. The number of allylic oxidation sites excluding steroid dienone is 1. The molecule has 0 N–H and O–H groups in total. The van der Waals surface area contributed by atoms with E-state index in [1.54, 1.807) is 5.57 Å². The van der Waals surface area contributed by atoms with E-state index in [0.717, 1.165) is 41.4 Å². The van der Waals surface area contributed by atoms with Crippen molar-refractivity contribution in [2.45, 2.75) is 105 Å². The van der Waals surface area contributed by atoms with Crippen molar-refractivity contribution in [1.82, 2.24) is 0 Å². The molecule has 6 rings (SSSR count). The summed E-state index contributed by atoms with van der Waals surface area (Å²) in [6.45, 7) is 18.0. The van der Waals surface area contributed by atoms with Gasteiger partial charge < -0.3 is 6.42 Å².